The SMILES string of the molecule is CCc1cc(CCNCNN)ccc1OC. The Balaban J connectivity index is 2.54. The minimum atomic E-state index is 0.636. The summed E-state index contributed by atoms with van der Waals surface area (Å²) in [5.74, 6) is 6.14. The highest BCUT2D eigenvalue weighted by molar-refractivity contribution is 5.37. The summed E-state index contributed by atoms with van der Waals surface area (Å²) in [5, 5.41) is 3.18. The molecule has 0 bridgehead atoms. The first-order valence-electron chi connectivity index (χ1n) is 5.61. The molecular weight excluding hydrogens is 202 g/mol. The smallest absolute Gasteiger partial charge is 0.122 e. The van der Waals surface area contributed by atoms with E-state index >= 15 is 0 Å². The van der Waals surface area contributed by atoms with Crippen molar-refractivity contribution >= 4 is 0 Å². The maximum atomic E-state index is 5.29. The van der Waals surface area contributed by atoms with Crippen LogP contribution in [0.25, 0.3) is 0 Å². The Hall–Kier alpha value is -1.10. The molecule has 4 heteroatoms. The quantitative estimate of drug-likeness (QED) is 0.277. The van der Waals surface area contributed by atoms with Gasteiger partial charge in [0.2, 0.25) is 0 Å². The minimum Gasteiger partial charge on any atom is -0.496 e. The van der Waals surface area contributed by atoms with Crippen LogP contribution in [0.15, 0.2) is 18.2 Å². The van der Waals surface area contributed by atoms with Crippen LogP contribution < -0.4 is 21.3 Å². The Morgan fingerprint density at radius 2 is 2.19 bits per heavy atom. The predicted octanol–water partition coefficient (Wildman–Crippen LogP) is 0.811. The first-order chi connectivity index (χ1) is 7.81. The van der Waals surface area contributed by atoms with Gasteiger partial charge < -0.3 is 10.1 Å². The van der Waals surface area contributed by atoms with Crippen LogP contribution in [0, 0.1) is 0 Å². The van der Waals surface area contributed by atoms with Gasteiger partial charge in [-0.1, -0.05) is 19.1 Å². The number of nitrogens with two attached hydrogens (primary N) is 1. The molecule has 0 fully saturated rings. The first-order valence-corrected chi connectivity index (χ1v) is 5.61. The molecule has 16 heavy (non-hydrogen) atoms. The Morgan fingerprint density at radius 3 is 2.81 bits per heavy atom. The third-order valence-electron chi connectivity index (χ3n) is 2.54. The average molecular weight is 223 g/mol. The second-order valence-corrected chi connectivity index (χ2v) is 3.63. The van der Waals surface area contributed by atoms with E-state index < -0.39 is 0 Å². The van der Waals surface area contributed by atoms with E-state index in [4.69, 9.17) is 10.6 Å². The molecule has 0 aliphatic rings. The van der Waals surface area contributed by atoms with E-state index in [1.54, 1.807) is 7.11 Å². The zero-order chi connectivity index (χ0) is 11.8. The molecule has 0 saturated carbocycles. The third-order valence-corrected chi connectivity index (χ3v) is 2.54. The molecule has 0 saturated heterocycles. The number of ether oxygens (including phenoxy) is 1. The summed E-state index contributed by atoms with van der Waals surface area (Å²) >= 11 is 0. The molecule has 0 aliphatic heterocycles. The molecule has 0 radical (unpaired) electrons. The lowest BCUT2D eigenvalue weighted by atomic mass is 10.1. The van der Waals surface area contributed by atoms with Crippen molar-refractivity contribution < 1.29 is 4.74 Å². The number of hydrogen-bond donors (Lipinski definition) is 3. The maximum absolute atomic E-state index is 5.29. The number of nitrogens with one attached hydrogen (secondary N) is 2. The molecule has 0 unspecified atom stereocenters. The lowest BCUT2D eigenvalue weighted by molar-refractivity contribution is 0.410. The number of hydrazine groups is 1. The molecule has 0 aromatic heterocycles. The molecule has 0 atom stereocenters. The summed E-state index contributed by atoms with van der Waals surface area (Å²) in [6.45, 7) is 3.69. The summed E-state index contributed by atoms with van der Waals surface area (Å²) in [6.07, 6.45) is 1.99. The second kappa shape index (κ2) is 7.22. The number of hydrogen-bond acceptors (Lipinski definition) is 4. The van der Waals surface area contributed by atoms with E-state index in [-0.39, 0.29) is 0 Å². The number of aryl methyl sites for hydroxylation is 1. The fraction of sp³-hybridized carbons (Fsp3) is 0.500. The summed E-state index contributed by atoms with van der Waals surface area (Å²) in [7, 11) is 1.71. The number of benzene rings is 1. The van der Waals surface area contributed by atoms with Crippen molar-refractivity contribution in [3.8, 4) is 5.75 Å². The standard InChI is InChI=1S/C12H21N3O/c1-3-11-8-10(4-5-12(11)16-2)6-7-14-9-15-13/h4-5,8,14-15H,3,6-7,9,13H2,1-2H3. The Labute approximate surface area is 97.1 Å². The zero-order valence-electron chi connectivity index (χ0n) is 10.0. The van der Waals surface area contributed by atoms with Gasteiger partial charge in [0, 0.05) is 6.54 Å². The molecular formula is C12H21N3O. The maximum Gasteiger partial charge on any atom is 0.122 e. The molecule has 1 aromatic rings. The molecule has 0 heterocycles. The van der Waals surface area contributed by atoms with Crippen molar-refractivity contribution in [3.63, 3.8) is 0 Å². The van der Waals surface area contributed by atoms with Gasteiger partial charge in [0.15, 0.2) is 0 Å². The summed E-state index contributed by atoms with van der Waals surface area (Å²) in [4.78, 5) is 0. The van der Waals surface area contributed by atoms with Gasteiger partial charge in [-0.05, 0) is 30.0 Å². The van der Waals surface area contributed by atoms with Crippen molar-refractivity contribution in [3.05, 3.63) is 29.3 Å². The Kier molecular flexibility index (Phi) is 5.85. The van der Waals surface area contributed by atoms with Crippen molar-refractivity contribution in [1.29, 1.82) is 0 Å². The fourth-order valence-corrected chi connectivity index (χ4v) is 1.66. The lowest BCUT2D eigenvalue weighted by Crippen LogP contribution is -2.34. The van der Waals surface area contributed by atoms with Gasteiger partial charge in [-0.3, -0.25) is 5.84 Å². The van der Waals surface area contributed by atoms with Gasteiger partial charge in [-0.15, -0.1) is 0 Å². The largest absolute Gasteiger partial charge is 0.496 e. The monoisotopic (exact) mass is 223 g/mol. The average Bonchev–Trinajstić information content (AvgIpc) is 2.34. The highest BCUT2D eigenvalue weighted by atomic mass is 16.5. The second-order valence-electron chi connectivity index (χ2n) is 3.63. The van der Waals surface area contributed by atoms with E-state index in [2.05, 4.69) is 29.8 Å². The van der Waals surface area contributed by atoms with Crippen LogP contribution in [0.3, 0.4) is 0 Å². The van der Waals surface area contributed by atoms with E-state index in [1.165, 1.54) is 11.1 Å². The van der Waals surface area contributed by atoms with Gasteiger partial charge in [-0.25, -0.2) is 5.43 Å². The van der Waals surface area contributed by atoms with Crippen LogP contribution in [0.2, 0.25) is 0 Å². The molecule has 0 spiro atoms. The molecule has 90 valence electrons. The van der Waals surface area contributed by atoms with Crippen molar-refractivity contribution in [1.82, 2.24) is 10.7 Å². The van der Waals surface area contributed by atoms with Gasteiger partial charge >= 0.3 is 0 Å². The summed E-state index contributed by atoms with van der Waals surface area (Å²) in [5.41, 5.74) is 5.15. The molecule has 4 nitrogen and oxygen atoms in total. The van der Waals surface area contributed by atoms with Crippen LogP contribution in [0.4, 0.5) is 0 Å². The van der Waals surface area contributed by atoms with E-state index in [0.29, 0.717) is 6.67 Å². The van der Waals surface area contributed by atoms with Crippen molar-refractivity contribution in [2.75, 3.05) is 20.3 Å². The van der Waals surface area contributed by atoms with Gasteiger partial charge in [0.05, 0.1) is 13.8 Å². The fourth-order valence-electron chi connectivity index (χ4n) is 1.66. The zero-order valence-corrected chi connectivity index (χ0v) is 10.0. The van der Waals surface area contributed by atoms with Crippen LogP contribution in [0.1, 0.15) is 18.1 Å². The van der Waals surface area contributed by atoms with Crippen LogP contribution in [-0.4, -0.2) is 20.3 Å². The van der Waals surface area contributed by atoms with Crippen LogP contribution >= 0.6 is 0 Å². The highest BCUT2D eigenvalue weighted by Gasteiger charge is 2.02. The van der Waals surface area contributed by atoms with Gasteiger partial charge in [0.25, 0.3) is 0 Å². The molecule has 1 aromatic carbocycles. The van der Waals surface area contributed by atoms with Crippen molar-refractivity contribution in [2.45, 2.75) is 19.8 Å². The molecule has 0 amide bonds. The minimum absolute atomic E-state index is 0.636. The van der Waals surface area contributed by atoms with Gasteiger partial charge in [-0.2, -0.15) is 0 Å². The summed E-state index contributed by atoms with van der Waals surface area (Å²) in [6, 6.07) is 6.35. The molecule has 1 rings (SSSR count). The van der Waals surface area contributed by atoms with Crippen LogP contribution in [0.5, 0.6) is 5.75 Å². The third kappa shape index (κ3) is 3.81. The lowest BCUT2D eigenvalue weighted by Gasteiger charge is -2.09. The van der Waals surface area contributed by atoms with E-state index in [9.17, 15) is 0 Å². The Bertz CT molecular complexity index is 315. The first kappa shape index (κ1) is 13.0. The normalized spacial score (nSPS) is 10.4. The Morgan fingerprint density at radius 1 is 1.38 bits per heavy atom. The van der Waals surface area contributed by atoms with Crippen LogP contribution in [-0.2, 0) is 12.8 Å². The summed E-state index contributed by atoms with van der Waals surface area (Å²) < 4.78 is 5.29. The molecule has 0 aliphatic carbocycles. The number of methoxy groups -OCH3 is 1. The predicted molar refractivity (Wildman–Crippen MR) is 66.3 cm³/mol. The van der Waals surface area contributed by atoms with Crippen molar-refractivity contribution in [2.24, 2.45) is 5.84 Å². The van der Waals surface area contributed by atoms with E-state index in [0.717, 1.165) is 25.1 Å². The van der Waals surface area contributed by atoms with Gasteiger partial charge in [0.1, 0.15) is 5.75 Å². The highest BCUT2D eigenvalue weighted by Crippen LogP contribution is 2.20. The number of rotatable bonds is 7. The van der Waals surface area contributed by atoms with E-state index in [1.807, 2.05) is 6.07 Å². The topological polar surface area (TPSA) is 59.3 Å². The molecule has 4 N–H and O–H groups in total.